The summed E-state index contributed by atoms with van der Waals surface area (Å²) in [6.45, 7) is -1.95. The Labute approximate surface area is 87.6 Å². The molecule has 1 nitrogen and oxygen atoms in total. The van der Waals surface area contributed by atoms with Crippen molar-refractivity contribution in [1.82, 2.24) is 0 Å². The van der Waals surface area contributed by atoms with Crippen LogP contribution in [0.2, 0.25) is 0 Å². The maximum absolute atomic E-state index is 13.2. The van der Waals surface area contributed by atoms with Crippen molar-refractivity contribution in [2.24, 2.45) is 0 Å². The Bertz CT molecular complexity index is 228. The van der Waals surface area contributed by atoms with Gasteiger partial charge in [0.25, 0.3) is 5.92 Å². The quantitative estimate of drug-likeness (QED) is 0.662. The van der Waals surface area contributed by atoms with Gasteiger partial charge in [0, 0.05) is 7.11 Å². The van der Waals surface area contributed by atoms with E-state index in [0.717, 1.165) is 0 Å². The molecule has 0 aromatic rings. The molecule has 0 rings (SSSR count). The lowest BCUT2D eigenvalue weighted by Crippen LogP contribution is -2.49. The fourth-order valence-corrected chi connectivity index (χ4v) is 0.982. The molecule has 0 amide bonds. The first kappa shape index (κ1) is 15.5. The van der Waals surface area contributed by atoms with Gasteiger partial charge in [-0.3, -0.25) is 0 Å². The van der Waals surface area contributed by atoms with Crippen molar-refractivity contribution < 1.29 is 35.5 Å². The molecule has 0 aromatic heterocycles. The fourth-order valence-electron chi connectivity index (χ4n) is 0.982. The maximum atomic E-state index is 13.2. The van der Waals surface area contributed by atoms with Crippen molar-refractivity contribution in [3.8, 4) is 0 Å². The smallest absolute Gasteiger partial charge is 0.321 e. The lowest BCUT2D eigenvalue weighted by molar-refractivity contribution is -0.307. The summed E-state index contributed by atoms with van der Waals surface area (Å²) in [4.78, 5) is 0. The predicted molar refractivity (Wildman–Crippen MR) is 41.9 cm³/mol. The van der Waals surface area contributed by atoms with E-state index in [9.17, 15) is 30.7 Å². The van der Waals surface area contributed by atoms with E-state index >= 15 is 0 Å². The molecule has 0 aromatic carbocycles. The highest BCUT2D eigenvalue weighted by molar-refractivity contribution is 4.91. The van der Waals surface area contributed by atoms with E-state index in [4.69, 9.17) is 0 Å². The van der Waals surface area contributed by atoms with Gasteiger partial charge >= 0.3 is 6.11 Å². The topological polar surface area (TPSA) is 9.23 Å². The normalized spacial score (nSPS) is 19.3. The average Bonchev–Trinajstić information content (AvgIpc) is 2.14. The Kier molecular flexibility index (Phi) is 4.61. The van der Waals surface area contributed by atoms with Crippen molar-refractivity contribution in [3.63, 3.8) is 0 Å². The second kappa shape index (κ2) is 4.77. The Morgan fingerprint density at radius 1 is 1.12 bits per heavy atom. The summed E-state index contributed by atoms with van der Waals surface area (Å²) in [5.74, 6) is -4.53. The number of hydrogen-bond donors (Lipinski definition) is 0. The van der Waals surface area contributed by atoms with Crippen LogP contribution in [0.4, 0.5) is 30.7 Å². The molecule has 2 atom stereocenters. The number of rotatable bonds is 6. The zero-order chi connectivity index (χ0) is 13.2. The van der Waals surface area contributed by atoms with Gasteiger partial charge in [0.15, 0.2) is 6.17 Å². The summed E-state index contributed by atoms with van der Waals surface area (Å²) in [6, 6.07) is 0. The molecule has 0 saturated heterocycles. The molecule has 0 N–H and O–H groups in total. The third-order valence-electron chi connectivity index (χ3n) is 2.02. The summed E-state index contributed by atoms with van der Waals surface area (Å²) < 4.78 is 91.5. The zero-order valence-electron chi connectivity index (χ0n) is 8.55. The van der Waals surface area contributed by atoms with Crippen molar-refractivity contribution >= 4 is 0 Å². The van der Waals surface area contributed by atoms with Crippen LogP contribution in [0.3, 0.4) is 0 Å². The van der Waals surface area contributed by atoms with Crippen LogP contribution in [0.25, 0.3) is 0 Å². The highest BCUT2D eigenvalue weighted by atomic mass is 19.3. The average molecular weight is 256 g/mol. The highest BCUT2D eigenvalue weighted by Crippen LogP contribution is 2.42. The second-order valence-corrected chi connectivity index (χ2v) is 3.48. The van der Waals surface area contributed by atoms with Crippen LogP contribution in [0.1, 0.15) is 13.3 Å². The van der Waals surface area contributed by atoms with Crippen molar-refractivity contribution in [3.05, 3.63) is 0 Å². The molecular weight excluding hydrogens is 245 g/mol. The summed E-state index contributed by atoms with van der Waals surface area (Å²) in [7, 11) is 0.415. The van der Waals surface area contributed by atoms with Crippen LogP contribution in [-0.4, -0.2) is 37.7 Å². The van der Waals surface area contributed by atoms with E-state index in [0.29, 0.717) is 7.11 Å². The number of hydrogen-bond acceptors (Lipinski definition) is 1. The minimum absolute atomic E-state index is 0.134. The largest absolute Gasteiger partial charge is 0.389 e. The van der Waals surface area contributed by atoms with Crippen LogP contribution in [0, 0.1) is 0 Å². The van der Waals surface area contributed by atoms with E-state index in [1.54, 1.807) is 0 Å². The van der Waals surface area contributed by atoms with Gasteiger partial charge in [-0.25, -0.2) is 22.0 Å². The maximum Gasteiger partial charge on any atom is 0.389 e. The minimum atomic E-state index is -4.53. The van der Waals surface area contributed by atoms with Crippen LogP contribution < -0.4 is 0 Å². The van der Waals surface area contributed by atoms with Gasteiger partial charge in [-0.1, -0.05) is 0 Å². The standard InChI is InChI=1S/C8H11F7O/c1-6(11,8(14,15)16-2)4-7(12,13)5(10)3-9/h5H,3-4H2,1-2H3. The molecule has 16 heavy (non-hydrogen) atoms. The van der Waals surface area contributed by atoms with Crippen LogP contribution in [0.15, 0.2) is 0 Å². The minimum Gasteiger partial charge on any atom is -0.321 e. The predicted octanol–water partition coefficient (Wildman–Crippen LogP) is 3.29. The third kappa shape index (κ3) is 3.23. The van der Waals surface area contributed by atoms with Crippen molar-refractivity contribution in [2.45, 2.75) is 37.2 Å². The molecule has 0 radical (unpaired) electrons. The van der Waals surface area contributed by atoms with Gasteiger partial charge in [-0.05, 0) is 6.92 Å². The number of halogens is 7. The van der Waals surface area contributed by atoms with E-state index in [1.165, 1.54) is 0 Å². The molecule has 0 saturated carbocycles. The molecule has 0 aliphatic carbocycles. The Hall–Kier alpha value is -0.530. The molecule has 2 unspecified atom stereocenters. The fraction of sp³-hybridized carbons (Fsp3) is 1.00. The van der Waals surface area contributed by atoms with Crippen LogP contribution in [0.5, 0.6) is 0 Å². The molecule has 8 heteroatoms. The molecular formula is C8H11F7O. The van der Waals surface area contributed by atoms with E-state index < -0.39 is 37.0 Å². The van der Waals surface area contributed by atoms with Gasteiger partial charge in [0.05, 0.1) is 6.42 Å². The van der Waals surface area contributed by atoms with Gasteiger partial charge in [-0.2, -0.15) is 8.78 Å². The molecule has 0 heterocycles. The molecule has 98 valence electrons. The Balaban J connectivity index is 4.83. The zero-order valence-corrected chi connectivity index (χ0v) is 8.55. The lowest BCUT2D eigenvalue weighted by atomic mass is 9.96. The van der Waals surface area contributed by atoms with E-state index in [1.807, 2.05) is 0 Å². The van der Waals surface area contributed by atoms with Gasteiger partial charge < -0.3 is 4.74 Å². The van der Waals surface area contributed by atoms with Crippen molar-refractivity contribution in [1.29, 1.82) is 0 Å². The van der Waals surface area contributed by atoms with Gasteiger partial charge in [0.2, 0.25) is 5.67 Å². The first-order chi connectivity index (χ1) is 7.00. The summed E-state index contributed by atoms with van der Waals surface area (Å²) >= 11 is 0. The van der Waals surface area contributed by atoms with Gasteiger partial charge in [-0.15, -0.1) is 0 Å². The Morgan fingerprint density at radius 2 is 1.56 bits per heavy atom. The van der Waals surface area contributed by atoms with E-state index in [2.05, 4.69) is 4.74 Å². The third-order valence-corrected chi connectivity index (χ3v) is 2.02. The summed E-state index contributed by atoms with van der Waals surface area (Å²) in [6.07, 6.45) is -10.0. The molecule has 0 bridgehead atoms. The number of ether oxygens (including phenoxy) is 1. The van der Waals surface area contributed by atoms with Crippen LogP contribution >= 0.6 is 0 Å². The van der Waals surface area contributed by atoms with E-state index in [-0.39, 0.29) is 6.92 Å². The number of methoxy groups -OCH3 is 1. The molecule has 0 aliphatic heterocycles. The second-order valence-electron chi connectivity index (χ2n) is 3.48. The summed E-state index contributed by atoms with van der Waals surface area (Å²) in [5, 5.41) is 0. The van der Waals surface area contributed by atoms with Crippen LogP contribution in [-0.2, 0) is 4.74 Å². The summed E-state index contributed by atoms with van der Waals surface area (Å²) in [5.41, 5.74) is -3.80. The molecule has 0 aliphatic rings. The lowest BCUT2D eigenvalue weighted by Gasteiger charge is -2.32. The monoisotopic (exact) mass is 256 g/mol. The molecule has 0 spiro atoms. The first-order valence-electron chi connectivity index (χ1n) is 4.20. The SMILES string of the molecule is COC(F)(F)C(C)(F)CC(F)(F)C(F)CF. The number of alkyl halides is 7. The van der Waals surface area contributed by atoms with Gasteiger partial charge in [0.1, 0.15) is 6.67 Å². The Morgan fingerprint density at radius 3 is 1.88 bits per heavy atom. The molecule has 0 fully saturated rings. The highest BCUT2D eigenvalue weighted by Gasteiger charge is 2.59. The van der Waals surface area contributed by atoms with Crippen molar-refractivity contribution in [2.75, 3.05) is 13.8 Å². The first-order valence-corrected chi connectivity index (χ1v) is 4.20.